The Bertz CT molecular complexity index is 1430. The highest BCUT2D eigenvalue weighted by molar-refractivity contribution is 6.03. The molecule has 0 bridgehead atoms. The topological polar surface area (TPSA) is 134 Å². The van der Waals surface area contributed by atoms with Gasteiger partial charge in [0.1, 0.15) is 45.6 Å². The molecule has 0 heterocycles. The molecule has 0 aliphatic carbocycles. The Morgan fingerprint density at radius 1 is 0.610 bits per heavy atom. The molecule has 41 heavy (non-hydrogen) atoms. The van der Waals surface area contributed by atoms with Crippen LogP contribution in [0.25, 0.3) is 0 Å². The molecule has 0 saturated heterocycles. The fraction of sp³-hybridized carbons (Fsp3) is 0.212. The minimum Gasteiger partial charge on any atom is -0.507 e. The number of phenolic OH excluding ortho intramolecular Hbond substituents is 4. The van der Waals surface area contributed by atoms with Crippen molar-refractivity contribution >= 4 is 11.6 Å². The Hall–Kier alpha value is -4.98. The average Bonchev–Trinajstić information content (AvgIpc) is 2.98. The van der Waals surface area contributed by atoms with Crippen LogP contribution in [0.4, 0.5) is 0 Å². The predicted octanol–water partition coefficient (Wildman–Crippen LogP) is 5.75. The smallest absolute Gasteiger partial charge is 0.170 e. The van der Waals surface area contributed by atoms with Gasteiger partial charge in [0.2, 0.25) is 0 Å². The molecule has 0 radical (unpaired) electrons. The number of aryl methyl sites for hydroxylation is 2. The van der Waals surface area contributed by atoms with Gasteiger partial charge in [0, 0.05) is 42.5 Å². The molecule has 0 saturated carbocycles. The first-order valence-electron chi connectivity index (χ1n) is 13.1. The summed E-state index contributed by atoms with van der Waals surface area (Å²) in [6, 6.07) is 21.1. The number of rotatable bonds is 12. The SMILES string of the molecule is COc1cc(O)c(C(=O)CCc2ccccc2)c(O)c1Cc1c(OC)cc(O)c(C(=O)CCc2ccccc2)c1O. The molecule has 8 nitrogen and oxygen atoms in total. The molecule has 0 atom stereocenters. The number of ether oxygens (including phenoxy) is 2. The first-order chi connectivity index (χ1) is 19.7. The maximum atomic E-state index is 13.1. The number of phenols is 4. The van der Waals surface area contributed by atoms with Crippen molar-refractivity contribution in [3.8, 4) is 34.5 Å². The van der Waals surface area contributed by atoms with E-state index in [4.69, 9.17) is 9.47 Å². The Kier molecular flexibility index (Phi) is 9.14. The van der Waals surface area contributed by atoms with E-state index in [1.54, 1.807) is 0 Å². The number of methoxy groups -OCH3 is 2. The summed E-state index contributed by atoms with van der Waals surface area (Å²) in [5, 5.41) is 43.6. The molecule has 0 aliphatic rings. The second-order valence-electron chi connectivity index (χ2n) is 9.59. The third-order valence-corrected chi connectivity index (χ3v) is 7.01. The van der Waals surface area contributed by atoms with Gasteiger partial charge in [-0.05, 0) is 24.0 Å². The fourth-order valence-electron chi connectivity index (χ4n) is 4.83. The highest BCUT2D eigenvalue weighted by Crippen LogP contribution is 2.45. The van der Waals surface area contributed by atoms with Crippen molar-refractivity contribution in [2.24, 2.45) is 0 Å². The van der Waals surface area contributed by atoms with Gasteiger partial charge in [-0.1, -0.05) is 60.7 Å². The molecule has 0 spiro atoms. The van der Waals surface area contributed by atoms with Crippen LogP contribution >= 0.6 is 0 Å². The minimum atomic E-state index is -0.508. The van der Waals surface area contributed by atoms with Crippen molar-refractivity contribution in [3.05, 3.63) is 106 Å². The van der Waals surface area contributed by atoms with Gasteiger partial charge in [-0.25, -0.2) is 0 Å². The Balaban J connectivity index is 1.69. The van der Waals surface area contributed by atoms with E-state index in [0.29, 0.717) is 12.8 Å². The molecule has 0 aromatic heterocycles. The highest BCUT2D eigenvalue weighted by atomic mass is 16.5. The molecule has 4 N–H and O–H groups in total. The van der Waals surface area contributed by atoms with E-state index in [-0.39, 0.29) is 53.0 Å². The largest absolute Gasteiger partial charge is 0.507 e. The zero-order valence-electron chi connectivity index (χ0n) is 22.9. The lowest BCUT2D eigenvalue weighted by molar-refractivity contribution is 0.0968. The van der Waals surface area contributed by atoms with E-state index in [2.05, 4.69) is 0 Å². The van der Waals surface area contributed by atoms with E-state index < -0.39 is 34.6 Å². The summed E-state index contributed by atoms with van der Waals surface area (Å²) in [4.78, 5) is 26.2. The number of aromatic hydroxyl groups is 4. The van der Waals surface area contributed by atoms with Gasteiger partial charge in [0.05, 0.1) is 14.2 Å². The first kappa shape index (κ1) is 29.0. The third-order valence-electron chi connectivity index (χ3n) is 7.01. The average molecular weight is 557 g/mol. The molecule has 212 valence electrons. The minimum absolute atomic E-state index is 0.0325. The van der Waals surface area contributed by atoms with Crippen LogP contribution in [0.15, 0.2) is 72.8 Å². The first-order valence-corrected chi connectivity index (χ1v) is 13.1. The standard InChI is InChI=1S/C33H32O8/c1-40-28-18-26(36)30(24(34)15-13-20-9-5-3-6-10-20)32(38)22(28)17-23-29(41-2)19-27(37)31(33(23)39)25(35)16-14-21-11-7-4-8-12-21/h3-12,18-19,36-39H,13-17H2,1-2H3. The van der Waals surface area contributed by atoms with E-state index in [1.165, 1.54) is 26.4 Å². The lowest BCUT2D eigenvalue weighted by atomic mass is 9.92. The van der Waals surface area contributed by atoms with Gasteiger partial charge in [-0.3, -0.25) is 9.59 Å². The number of hydrogen-bond donors (Lipinski definition) is 4. The van der Waals surface area contributed by atoms with Crippen molar-refractivity contribution < 1.29 is 39.5 Å². The summed E-state index contributed by atoms with van der Waals surface area (Å²) in [6.07, 6.45) is 0.639. The summed E-state index contributed by atoms with van der Waals surface area (Å²) >= 11 is 0. The second kappa shape index (κ2) is 12.9. The number of Topliss-reactive ketones (excluding diaryl/α,β-unsaturated/α-hetero) is 2. The van der Waals surface area contributed by atoms with Gasteiger partial charge >= 0.3 is 0 Å². The number of carbonyl (C=O) groups is 2. The second-order valence-corrected chi connectivity index (χ2v) is 9.59. The molecule has 0 aliphatic heterocycles. The van der Waals surface area contributed by atoms with Crippen LogP contribution in [-0.4, -0.2) is 46.2 Å². The molecule has 4 aromatic rings. The van der Waals surface area contributed by atoms with Crippen molar-refractivity contribution in [1.82, 2.24) is 0 Å². The molecule has 0 amide bonds. The van der Waals surface area contributed by atoms with Crippen LogP contribution in [0.1, 0.15) is 55.8 Å². The monoisotopic (exact) mass is 556 g/mol. The molecular formula is C33H32O8. The summed E-state index contributed by atoms with van der Waals surface area (Å²) in [7, 11) is 2.67. The summed E-state index contributed by atoms with van der Waals surface area (Å²) in [6.45, 7) is 0. The Morgan fingerprint density at radius 2 is 0.976 bits per heavy atom. The number of hydrogen-bond acceptors (Lipinski definition) is 8. The Labute approximate surface area is 238 Å². The summed E-state index contributed by atoms with van der Waals surface area (Å²) < 4.78 is 10.8. The molecular weight excluding hydrogens is 524 g/mol. The zero-order valence-corrected chi connectivity index (χ0v) is 22.9. The normalized spacial score (nSPS) is 10.8. The van der Waals surface area contributed by atoms with Crippen LogP contribution in [-0.2, 0) is 19.3 Å². The highest BCUT2D eigenvalue weighted by Gasteiger charge is 2.28. The van der Waals surface area contributed by atoms with Crippen molar-refractivity contribution in [1.29, 1.82) is 0 Å². The third kappa shape index (κ3) is 6.44. The van der Waals surface area contributed by atoms with Crippen LogP contribution in [0, 0.1) is 0 Å². The van der Waals surface area contributed by atoms with Crippen LogP contribution < -0.4 is 9.47 Å². The van der Waals surface area contributed by atoms with E-state index in [9.17, 15) is 30.0 Å². The van der Waals surface area contributed by atoms with E-state index >= 15 is 0 Å². The predicted molar refractivity (Wildman–Crippen MR) is 154 cm³/mol. The molecule has 4 aromatic carbocycles. The van der Waals surface area contributed by atoms with E-state index in [0.717, 1.165) is 11.1 Å². The van der Waals surface area contributed by atoms with Gasteiger partial charge in [-0.2, -0.15) is 0 Å². The van der Waals surface area contributed by atoms with Crippen molar-refractivity contribution in [3.63, 3.8) is 0 Å². The summed E-state index contributed by atoms with van der Waals surface area (Å²) in [5.41, 5.74) is 1.50. The fourth-order valence-corrected chi connectivity index (χ4v) is 4.83. The van der Waals surface area contributed by atoms with Crippen LogP contribution in [0.3, 0.4) is 0 Å². The number of carbonyl (C=O) groups excluding carboxylic acids is 2. The quantitative estimate of drug-likeness (QED) is 0.162. The van der Waals surface area contributed by atoms with Gasteiger partial charge < -0.3 is 29.9 Å². The van der Waals surface area contributed by atoms with Gasteiger partial charge in [-0.15, -0.1) is 0 Å². The maximum absolute atomic E-state index is 13.1. The van der Waals surface area contributed by atoms with E-state index in [1.807, 2.05) is 60.7 Å². The lowest BCUT2D eigenvalue weighted by Crippen LogP contribution is -2.08. The van der Waals surface area contributed by atoms with Gasteiger partial charge in [0.25, 0.3) is 0 Å². The van der Waals surface area contributed by atoms with Crippen LogP contribution in [0.5, 0.6) is 34.5 Å². The molecule has 8 heteroatoms. The molecule has 0 unspecified atom stereocenters. The number of ketones is 2. The molecule has 0 fully saturated rings. The lowest BCUT2D eigenvalue weighted by Gasteiger charge is -2.19. The Morgan fingerprint density at radius 3 is 1.32 bits per heavy atom. The van der Waals surface area contributed by atoms with Crippen molar-refractivity contribution in [2.75, 3.05) is 14.2 Å². The van der Waals surface area contributed by atoms with Gasteiger partial charge in [0.15, 0.2) is 11.6 Å². The maximum Gasteiger partial charge on any atom is 0.170 e. The van der Waals surface area contributed by atoms with Crippen LogP contribution in [0.2, 0.25) is 0 Å². The number of benzene rings is 4. The zero-order chi connectivity index (χ0) is 29.5. The summed E-state index contributed by atoms with van der Waals surface area (Å²) in [5.74, 6) is -2.74. The molecule has 4 rings (SSSR count). The van der Waals surface area contributed by atoms with Crippen molar-refractivity contribution in [2.45, 2.75) is 32.1 Å².